The van der Waals surface area contributed by atoms with Crippen LogP contribution in [0.15, 0.2) is 36.4 Å². The van der Waals surface area contributed by atoms with E-state index in [9.17, 15) is 15.0 Å². The fraction of sp³-hybridized carbons (Fsp3) is 0.357. The Bertz CT molecular complexity index is 386. The van der Waals surface area contributed by atoms with Gasteiger partial charge in [-0.2, -0.15) is 0 Å². The SMILES string of the molecule is COC(=O)CC(O)CC(O)C=Cc1ccccc1. The van der Waals surface area contributed by atoms with Crippen molar-refractivity contribution in [1.29, 1.82) is 0 Å². The summed E-state index contributed by atoms with van der Waals surface area (Å²) < 4.78 is 4.43. The quantitative estimate of drug-likeness (QED) is 0.748. The van der Waals surface area contributed by atoms with Crippen molar-refractivity contribution < 1.29 is 19.7 Å². The maximum atomic E-state index is 10.9. The number of methoxy groups -OCH3 is 1. The molecule has 98 valence electrons. The first-order chi connectivity index (χ1) is 8.61. The molecule has 0 aliphatic rings. The molecule has 0 spiro atoms. The molecule has 2 unspecified atom stereocenters. The molecule has 1 aromatic rings. The fourth-order valence-electron chi connectivity index (χ4n) is 1.50. The monoisotopic (exact) mass is 250 g/mol. The van der Waals surface area contributed by atoms with E-state index >= 15 is 0 Å². The van der Waals surface area contributed by atoms with Crippen molar-refractivity contribution in [2.45, 2.75) is 25.0 Å². The Balaban J connectivity index is 2.39. The molecular weight excluding hydrogens is 232 g/mol. The lowest BCUT2D eigenvalue weighted by atomic mass is 10.1. The van der Waals surface area contributed by atoms with Gasteiger partial charge in [-0.1, -0.05) is 42.5 Å². The number of carbonyl (C=O) groups is 1. The molecule has 0 fully saturated rings. The summed E-state index contributed by atoms with van der Waals surface area (Å²) in [4.78, 5) is 10.9. The number of ether oxygens (including phenoxy) is 1. The molecule has 1 aromatic carbocycles. The number of aliphatic hydroxyl groups is 2. The molecule has 0 aromatic heterocycles. The average molecular weight is 250 g/mol. The van der Waals surface area contributed by atoms with Crippen molar-refractivity contribution in [3.05, 3.63) is 42.0 Å². The second-order valence-corrected chi connectivity index (χ2v) is 4.01. The summed E-state index contributed by atoms with van der Waals surface area (Å²) in [5.74, 6) is -0.485. The van der Waals surface area contributed by atoms with Gasteiger partial charge in [-0.15, -0.1) is 0 Å². The Morgan fingerprint density at radius 1 is 1.33 bits per heavy atom. The van der Waals surface area contributed by atoms with Crippen LogP contribution in [0.3, 0.4) is 0 Å². The highest BCUT2D eigenvalue weighted by molar-refractivity contribution is 5.69. The lowest BCUT2D eigenvalue weighted by molar-refractivity contribution is -0.143. The van der Waals surface area contributed by atoms with Crippen molar-refractivity contribution in [3.8, 4) is 0 Å². The largest absolute Gasteiger partial charge is 0.469 e. The minimum atomic E-state index is -0.895. The molecule has 4 heteroatoms. The fourth-order valence-corrected chi connectivity index (χ4v) is 1.50. The van der Waals surface area contributed by atoms with Crippen molar-refractivity contribution >= 4 is 12.0 Å². The highest BCUT2D eigenvalue weighted by Gasteiger charge is 2.14. The third-order valence-electron chi connectivity index (χ3n) is 2.45. The Morgan fingerprint density at radius 3 is 2.61 bits per heavy atom. The van der Waals surface area contributed by atoms with Crippen LogP contribution >= 0.6 is 0 Å². The smallest absolute Gasteiger partial charge is 0.308 e. The van der Waals surface area contributed by atoms with Gasteiger partial charge in [0.25, 0.3) is 0 Å². The Labute approximate surface area is 107 Å². The van der Waals surface area contributed by atoms with Crippen LogP contribution in [0.25, 0.3) is 6.08 Å². The van der Waals surface area contributed by atoms with Gasteiger partial charge in [-0.05, 0) is 5.56 Å². The van der Waals surface area contributed by atoms with E-state index < -0.39 is 18.2 Å². The summed E-state index contributed by atoms with van der Waals surface area (Å²) >= 11 is 0. The molecule has 2 atom stereocenters. The van der Waals surface area contributed by atoms with Crippen molar-refractivity contribution in [2.24, 2.45) is 0 Å². The van der Waals surface area contributed by atoms with E-state index in [-0.39, 0.29) is 12.8 Å². The normalized spacial score (nSPS) is 14.4. The van der Waals surface area contributed by atoms with E-state index in [1.807, 2.05) is 30.3 Å². The highest BCUT2D eigenvalue weighted by atomic mass is 16.5. The molecule has 1 rings (SSSR count). The highest BCUT2D eigenvalue weighted by Crippen LogP contribution is 2.07. The van der Waals surface area contributed by atoms with Crippen LogP contribution in [0.1, 0.15) is 18.4 Å². The van der Waals surface area contributed by atoms with Gasteiger partial charge in [0.1, 0.15) is 0 Å². The van der Waals surface area contributed by atoms with Crippen molar-refractivity contribution in [2.75, 3.05) is 7.11 Å². The van der Waals surface area contributed by atoms with E-state index in [0.29, 0.717) is 0 Å². The molecule has 0 aliphatic carbocycles. The Morgan fingerprint density at radius 2 is 2.00 bits per heavy atom. The van der Waals surface area contributed by atoms with E-state index in [1.54, 1.807) is 12.2 Å². The topological polar surface area (TPSA) is 66.8 Å². The lowest BCUT2D eigenvalue weighted by Gasteiger charge is -2.11. The summed E-state index contributed by atoms with van der Waals surface area (Å²) in [6.45, 7) is 0. The number of benzene rings is 1. The van der Waals surface area contributed by atoms with Gasteiger partial charge in [0.05, 0.1) is 25.7 Å². The van der Waals surface area contributed by atoms with Gasteiger partial charge < -0.3 is 14.9 Å². The minimum Gasteiger partial charge on any atom is -0.469 e. The van der Waals surface area contributed by atoms with Gasteiger partial charge >= 0.3 is 5.97 Å². The average Bonchev–Trinajstić information content (AvgIpc) is 2.37. The van der Waals surface area contributed by atoms with Crippen LogP contribution in [-0.4, -0.2) is 35.5 Å². The minimum absolute atomic E-state index is 0.104. The third kappa shape index (κ3) is 5.61. The molecule has 2 N–H and O–H groups in total. The third-order valence-corrected chi connectivity index (χ3v) is 2.45. The van der Waals surface area contributed by atoms with Gasteiger partial charge in [-0.3, -0.25) is 4.79 Å². The summed E-state index contributed by atoms with van der Waals surface area (Å²) in [7, 11) is 1.26. The number of hydrogen-bond donors (Lipinski definition) is 2. The number of rotatable bonds is 6. The molecule has 0 amide bonds. The molecule has 0 heterocycles. The zero-order valence-corrected chi connectivity index (χ0v) is 10.3. The van der Waals surface area contributed by atoms with Crippen LogP contribution in [-0.2, 0) is 9.53 Å². The molecular formula is C14H18O4. The van der Waals surface area contributed by atoms with Crippen LogP contribution in [0.4, 0.5) is 0 Å². The number of hydrogen-bond acceptors (Lipinski definition) is 4. The van der Waals surface area contributed by atoms with Crippen molar-refractivity contribution in [1.82, 2.24) is 0 Å². The summed E-state index contributed by atoms with van der Waals surface area (Å²) in [5.41, 5.74) is 0.971. The molecule has 0 aliphatic heterocycles. The first-order valence-corrected chi connectivity index (χ1v) is 5.78. The van der Waals surface area contributed by atoms with Gasteiger partial charge in [-0.25, -0.2) is 0 Å². The van der Waals surface area contributed by atoms with Crippen LogP contribution in [0.5, 0.6) is 0 Å². The maximum absolute atomic E-state index is 10.9. The zero-order chi connectivity index (χ0) is 13.4. The molecule has 0 radical (unpaired) electrons. The Kier molecular flexibility index (Phi) is 6.11. The van der Waals surface area contributed by atoms with Crippen LogP contribution in [0.2, 0.25) is 0 Å². The molecule has 18 heavy (non-hydrogen) atoms. The number of esters is 1. The van der Waals surface area contributed by atoms with Crippen LogP contribution < -0.4 is 0 Å². The van der Waals surface area contributed by atoms with Crippen LogP contribution in [0, 0.1) is 0 Å². The summed E-state index contributed by atoms with van der Waals surface area (Å²) in [6.07, 6.45) is 1.69. The first-order valence-electron chi connectivity index (χ1n) is 5.78. The maximum Gasteiger partial charge on any atom is 0.308 e. The van der Waals surface area contributed by atoms with Gasteiger partial charge in [0, 0.05) is 6.42 Å². The van der Waals surface area contributed by atoms with E-state index in [4.69, 9.17) is 0 Å². The predicted octanol–water partition coefficient (Wildman–Crippen LogP) is 1.37. The summed E-state index contributed by atoms with van der Waals surface area (Å²) in [6, 6.07) is 9.53. The molecule has 0 saturated heterocycles. The zero-order valence-electron chi connectivity index (χ0n) is 10.3. The lowest BCUT2D eigenvalue weighted by Crippen LogP contribution is -2.20. The Hall–Kier alpha value is -1.65. The molecule has 4 nitrogen and oxygen atoms in total. The predicted molar refractivity (Wildman–Crippen MR) is 68.7 cm³/mol. The number of aliphatic hydroxyl groups excluding tert-OH is 2. The van der Waals surface area contributed by atoms with Crippen molar-refractivity contribution in [3.63, 3.8) is 0 Å². The number of carbonyl (C=O) groups excluding carboxylic acids is 1. The van der Waals surface area contributed by atoms with E-state index in [0.717, 1.165) is 5.56 Å². The first kappa shape index (κ1) is 14.4. The standard InChI is InChI=1S/C14H18O4/c1-18-14(17)10-13(16)9-12(15)8-7-11-5-3-2-4-6-11/h2-8,12-13,15-16H,9-10H2,1H3. The van der Waals surface area contributed by atoms with E-state index in [2.05, 4.69) is 4.74 Å². The second kappa shape index (κ2) is 7.63. The molecule has 0 saturated carbocycles. The molecule has 0 bridgehead atoms. The second-order valence-electron chi connectivity index (χ2n) is 4.01. The van der Waals surface area contributed by atoms with Gasteiger partial charge in [0.15, 0.2) is 0 Å². The van der Waals surface area contributed by atoms with Gasteiger partial charge in [0.2, 0.25) is 0 Å². The van der Waals surface area contributed by atoms with E-state index in [1.165, 1.54) is 7.11 Å². The summed E-state index contributed by atoms with van der Waals surface area (Å²) in [5, 5.41) is 19.2.